The van der Waals surface area contributed by atoms with Crippen LogP contribution < -0.4 is 5.73 Å². The van der Waals surface area contributed by atoms with Crippen molar-refractivity contribution in [2.45, 2.75) is 26.4 Å². The van der Waals surface area contributed by atoms with Gasteiger partial charge in [0.25, 0.3) is 0 Å². The second-order valence-corrected chi connectivity index (χ2v) is 4.83. The van der Waals surface area contributed by atoms with Gasteiger partial charge >= 0.3 is 0 Å². The van der Waals surface area contributed by atoms with Gasteiger partial charge in [-0.2, -0.15) is 0 Å². The van der Waals surface area contributed by atoms with E-state index in [1.54, 1.807) is 7.11 Å². The van der Waals surface area contributed by atoms with Crippen molar-refractivity contribution in [1.29, 1.82) is 0 Å². The number of aromatic nitrogens is 2. The zero-order valence-corrected chi connectivity index (χ0v) is 11.6. The molecule has 4 nitrogen and oxygen atoms in total. The zero-order valence-electron chi connectivity index (χ0n) is 11.6. The Hall–Kier alpha value is -1.94. The Morgan fingerprint density at radius 3 is 2.68 bits per heavy atom. The fourth-order valence-electron chi connectivity index (χ4n) is 1.88. The summed E-state index contributed by atoms with van der Waals surface area (Å²) in [4.78, 5) is 8.89. The number of nitrogens with two attached hydrogens (primary N) is 1. The molecular formula is C15H19N3O. The molecule has 0 fully saturated rings. The summed E-state index contributed by atoms with van der Waals surface area (Å²) < 4.78 is 5.14. The van der Waals surface area contributed by atoms with Crippen molar-refractivity contribution in [3.63, 3.8) is 0 Å². The lowest BCUT2D eigenvalue weighted by Gasteiger charge is -2.09. The van der Waals surface area contributed by atoms with E-state index in [4.69, 9.17) is 10.5 Å². The van der Waals surface area contributed by atoms with Gasteiger partial charge in [-0.05, 0) is 17.5 Å². The molecule has 0 aliphatic rings. The minimum absolute atomic E-state index is 0.325. The number of rotatable bonds is 4. The van der Waals surface area contributed by atoms with E-state index in [0.29, 0.717) is 24.2 Å². The molecule has 1 heterocycles. The molecule has 0 aliphatic carbocycles. The summed E-state index contributed by atoms with van der Waals surface area (Å²) in [6, 6.07) is 9.83. The maximum Gasteiger partial charge on any atom is 0.161 e. The van der Waals surface area contributed by atoms with Crippen molar-refractivity contribution in [2.75, 3.05) is 12.8 Å². The molecule has 0 saturated carbocycles. The Balaban J connectivity index is 2.43. The lowest BCUT2D eigenvalue weighted by molar-refractivity contribution is 0.185. The smallest absolute Gasteiger partial charge is 0.161 e. The van der Waals surface area contributed by atoms with Crippen molar-refractivity contribution >= 4 is 5.82 Å². The van der Waals surface area contributed by atoms with Crippen LogP contribution in [0.4, 0.5) is 5.82 Å². The Morgan fingerprint density at radius 1 is 1.21 bits per heavy atom. The predicted molar refractivity (Wildman–Crippen MR) is 76.7 cm³/mol. The number of methoxy groups -OCH3 is 1. The van der Waals surface area contributed by atoms with Crippen LogP contribution in [0.3, 0.4) is 0 Å². The number of benzene rings is 1. The van der Waals surface area contributed by atoms with Crippen LogP contribution >= 0.6 is 0 Å². The summed E-state index contributed by atoms with van der Waals surface area (Å²) in [6.45, 7) is 4.76. The van der Waals surface area contributed by atoms with Crippen molar-refractivity contribution in [3.05, 3.63) is 41.6 Å². The third kappa shape index (κ3) is 3.29. The molecule has 0 aliphatic heterocycles. The molecule has 0 atom stereocenters. The van der Waals surface area contributed by atoms with E-state index in [9.17, 15) is 0 Å². The third-order valence-corrected chi connectivity index (χ3v) is 2.85. The maximum absolute atomic E-state index is 5.86. The van der Waals surface area contributed by atoms with Crippen LogP contribution in [0, 0.1) is 0 Å². The lowest BCUT2D eigenvalue weighted by Crippen LogP contribution is -2.02. The minimum Gasteiger partial charge on any atom is -0.384 e. The van der Waals surface area contributed by atoms with Gasteiger partial charge in [-0.15, -0.1) is 0 Å². The summed E-state index contributed by atoms with van der Waals surface area (Å²) >= 11 is 0. The van der Waals surface area contributed by atoms with E-state index in [2.05, 4.69) is 23.8 Å². The van der Waals surface area contributed by atoms with Crippen molar-refractivity contribution in [2.24, 2.45) is 0 Å². The van der Waals surface area contributed by atoms with E-state index in [-0.39, 0.29) is 0 Å². The van der Waals surface area contributed by atoms with Gasteiger partial charge in [-0.1, -0.05) is 32.0 Å². The zero-order chi connectivity index (χ0) is 13.8. The number of ether oxygens (including phenoxy) is 1. The molecule has 0 bridgehead atoms. The second-order valence-electron chi connectivity index (χ2n) is 4.83. The van der Waals surface area contributed by atoms with Gasteiger partial charge in [0.15, 0.2) is 5.82 Å². The molecular weight excluding hydrogens is 238 g/mol. The maximum atomic E-state index is 5.86. The molecule has 0 radical (unpaired) electrons. The van der Waals surface area contributed by atoms with Crippen LogP contribution in [0.2, 0.25) is 0 Å². The first-order valence-electron chi connectivity index (χ1n) is 6.33. The summed E-state index contributed by atoms with van der Waals surface area (Å²) in [5, 5.41) is 0. The van der Waals surface area contributed by atoms with Gasteiger partial charge in [0.1, 0.15) is 5.82 Å². The van der Waals surface area contributed by atoms with Gasteiger partial charge in [0, 0.05) is 24.4 Å². The van der Waals surface area contributed by atoms with Crippen LogP contribution in [0.15, 0.2) is 30.3 Å². The second kappa shape index (κ2) is 5.80. The van der Waals surface area contributed by atoms with E-state index in [1.165, 1.54) is 0 Å². The summed E-state index contributed by atoms with van der Waals surface area (Å²) in [7, 11) is 1.68. The number of anilines is 1. The highest BCUT2D eigenvalue weighted by Crippen LogP contribution is 2.21. The first kappa shape index (κ1) is 13.5. The van der Waals surface area contributed by atoms with Crippen LogP contribution in [0.25, 0.3) is 11.4 Å². The molecule has 0 unspecified atom stereocenters. The van der Waals surface area contributed by atoms with Crippen molar-refractivity contribution in [3.8, 4) is 11.4 Å². The standard InChI is InChI=1S/C15H19N3O/c1-10(2)13-8-14(16)18-15(17-13)12-6-4-5-11(7-12)9-19-3/h4-8,10H,9H2,1-3H3,(H2,16,17,18). The molecule has 19 heavy (non-hydrogen) atoms. The monoisotopic (exact) mass is 257 g/mol. The molecule has 0 spiro atoms. The SMILES string of the molecule is COCc1cccc(-c2nc(N)cc(C(C)C)n2)c1. The van der Waals surface area contributed by atoms with Gasteiger partial charge in [-0.25, -0.2) is 9.97 Å². The molecule has 0 amide bonds. The summed E-state index contributed by atoms with van der Waals surface area (Å²) in [5.74, 6) is 1.50. The Morgan fingerprint density at radius 2 is 2.00 bits per heavy atom. The minimum atomic E-state index is 0.325. The Bertz CT molecular complexity index is 567. The van der Waals surface area contributed by atoms with Crippen molar-refractivity contribution in [1.82, 2.24) is 9.97 Å². The number of hydrogen-bond donors (Lipinski definition) is 1. The summed E-state index contributed by atoms with van der Waals surface area (Å²) in [6.07, 6.45) is 0. The van der Waals surface area contributed by atoms with Crippen LogP contribution in [0.1, 0.15) is 31.0 Å². The lowest BCUT2D eigenvalue weighted by atomic mass is 10.1. The number of nitrogen functional groups attached to an aromatic ring is 1. The fourth-order valence-corrected chi connectivity index (χ4v) is 1.88. The molecule has 0 saturated heterocycles. The van der Waals surface area contributed by atoms with Gasteiger partial charge in [0.05, 0.1) is 6.61 Å². The fraction of sp³-hybridized carbons (Fsp3) is 0.333. The van der Waals surface area contributed by atoms with Crippen molar-refractivity contribution < 1.29 is 4.74 Å². The Kier molecular flexibility index (Phi) is 4.12. The number of nitrogens with zero attached hydrogens (tertiary/aromatic N) is 2. The highest BCUT2D eigenvalue weighted by Gasteiger charge is 2.08. The van der Waals surface area contributed by atoms with E-state index in [1.807, 2.05) is 30.3 Å². The quantitative estimate of drug-likeness (QED) is 0.914. The third-order valence-electron chi connectivity index (χ3n) is 2.85. The molecule has 2 aromatic rings. The highest BCUT2D eigenvalue weighted by molar-refractivity contribution is 5.58. The summed E-state index contributed by atoms with van der Waals surface area (Å²) in [5.41, 5.74) is 8.87. The highest BCUT2D eigenvalue weighted by atomic mass is 16.5. The molecule has 4 heteroatoms. The first-order valence-corrected chi connectivity index (χ1v) is 6.33. The molecule has 100 valence electrons. The molecule has 2 rings (SSSR count). The van der Waals surface area contributed by atoms with Gasteiger partial charge in [0.2, 0.25) is 0 Å². The number of hydrogen-bond acceptors (Lipinski definition) is 4. The normalized spacial score (nSPS) is 10.9. The molecule has 1 aromatic heterocycles. The molecule has 2 N–H and O–H groups in total. The van der Waals surface area contributed by atoms with E-state index < -0.39 is 0 Å². The average molecular weight is 257 g/mol. The topological polar surface area (TPSA) is 61.0 Å². The van der Waals surface area contributed by atoms with E-state index >= 15 is 0 Å². The van der Waals surface area contributed by atoms with Crippen LogP contribution in [-0.4, -0.2) is 17.1 Å². The largest absolute Gasteiger partial charge is 0.384 e. The van der Waals surface area contributed by atoms with E-state index in [0.717, 1.165) is 16.8 Å². The molecule has 1 aromatic carbocycles. The van der Waals surface area contributed by atoms with Crippen LogP contribution in [-0.2, 0) is 11.3 Å². The van der Waals surface area contributed by atoms with Crippen LogP contribution in [0.5, 0.6) is 0 Å². The average Bonchev–Trinajstić information content (AvgIpc) is 2.38. The first-order chi connectivity index (χ1) is 9.10. The van der Waals surface area contributed by atoms with Gasteiger partial charge in [-0.3, -0.25) is 0 Å². The Labute approximate surface area is 113 Å². The van der Waals surface area contributed by atoms with Gasteiger partial charge < -0.3 is 10.5 Å². The predicted octanol–water partition coefficient (Wildman–Crippen LogP) is 3.00.